The van der Waals surface area contributed by atoms with Gasteiger partial charge in [0.15, 0.2) is 0 Å². The summed E-state index contributed by atoms with van der Waals surface area (Å²) >= 11 is 0. The maximum absolute atomic E-state index is 12.0. The van der Waals surface area contributed by atoms with E-state index in [-0.39, 0.29) is 30.3 Å². The van der Waals surface area contributed by atoms with E-state index in [1.807, 2.05) is 6.92 Å². The molecule has 2 atom stereocenters. The molecule has 0 aromatic carbocycles. The molecule has 1 aliphatic carbocycles. The highest BCUT2D eigenvalue weighted by Gasteiger charge is 2.25. The predicted molar refractivity (Wildman–Crippen MR) is 70.9 cm³/mol. The summed E-state index contributed by atoms with van der Waals surface area (Å²) in [5, 5.41) is 2.69. The molecule has 0 aromatic rings. The first-order chi connectivity index (χ1) is 8.54. The molecule has 5 nitrogen and oxygen atoms in total. The van der Waals surface area contributed by atoms with Gasteiger partial charge in [-0.25, -0.2) is 0 Å². The van der Waals surface area contributed by atoms with E-state index < -0.39 is 0 Å². The smallest absolute Gasteiger partial charge is 0.239 e. The zero-order valence-electron chi connectivity index (χ0n) is 11.4. The topological polar surface area (TPSA) is 75.4 Å². The Morgan fingerprint density at radius 3 is 2.61 bits per heavy atom. The molecule has 104 valence electrons. The van der Waals surface area contributed by atoms with Gasteiger partial charge in [-0.3, -0.25) is 9.59 Å². The Bertz CT molecular complexity index is 294. The number of hydrogen-bond donors (Lipinski definition) is 2. The SMILES string of the molecule is CCNC(=O)CN(C)C(=O)CC1CCCCC1N. The lowest BCUT2D eigenvalue weighted by Gasteiger charge is -2.29. The molecule has 1 saturated carbocycles. The van der Waals surface area contributed by atoms with Gasteiger partial charge in [-0.2, -0.15) is 0 Å². The summed E-state index contributed by atoms with van der Waals surface area (Å²) in [6.45, 7) is 2.59. The molecule has 0 heterocycles. The minimum Gasteiger partial charge on any atom is -0.355 e. The van der Waals surface area contributed by atoms with Gasteiger partial charge < -0.3 is 16.0 Å². The molecule has 0 saturated heterocycles. The summed E-state index contributed by atoms with van der Waals surface area (Å²) in [6, 6.07) is 0.139. The molecule has 0 aromatic heterocycles. The Hall–Kier alpha value is -1.10. The fraction of sp³-hybridized carbons (Fsp3) is 0.846. The highest BCUT2D eigenvalue weighted by molar-refractivity contribution is 5.84. The zero-order valence-corrected chi connectivity index (χ0v) is 11.4. The molecule has 0 spiro atoms. The Morgan fingerprint density at radius 2 is 2.00 bits per heavy atom. The predicted octanol–water partition coefficient (Wildman–Crippen LogP) is 0.489. The molecule has 2 amide bonds. The van der Waals surface area contributed by atoms with Gasteiger partial charge >= 0.3 is 0 Å². The summed E-state index contributed by atoms with van der Waals surface area (Å²) < 4.78 is 0. The highest BCUT2D eigenvalue weighted by Crippen LogP contribution is 2.25. The quantitative estimate of drug-likeness (QED) is 0.750. The normalized spacial score (nSPS) is 23.5. The minimum absolute atomic E-state index is 0.0172. The first-order valence-electron chi connectivity index (χ1n) is 6.80. The van der Waals surface area contributed by atoms with Crippen molar-refractivity contribution in [2.24, 2.45) is 11.7 Å². The van der Waals surface area contributed by atoms with Crippen molar-refractivity contribution in [1.82, 2.24) is 10.2 Å². The van der Waals surface area contributed by atoms with Crippen LogP contribution in [0.1, 0.15) is 39.0 Å². The van der Waals surface area contributed by atoms with Gasteiger partial charge in [0.1, 0.15) is 0 Å². The Morgan fingerprint density at radius 1 is 1.33 bits per heavy atom. The van der Waals surface area contributed by atoms with Gasteiger partial charge in [-0.05, 0) is 25.7 Å². The van der Waals surface area contributed by atoms with Gasteiger partial charge in [-0.1, -0.05) is 12.8 Å². The molecule has 0 bridgehead atoms. The van der Waals surface area contributed by atoms with Gasteiger partial charge in [0, 0.05) is 26.1 Å². The molecule has 2 unspecified atom stereocenters. The monoisotopic (exact) mass is 255 g/mol. The van der Waals surface area contributed by atoms with Crippen LogP contribution in [0.5, 0.6) is 0 Å². The third-order valence-corrected chi connectivity index (χ3v) is 3.59. The average Bonchev–Trinajstić information content (AvgIpc) is 2.32. The Balaban J connectivity index is 2.36. The van der Waals surface area contributed by atoms with Crippen LogP contribution in [-0.4, -0.2) is 42.9 Å². The van der Waals surface area contributed by atoms with Crippen molar-refractivity contribution in [1.29, 1.82) is 0 Å². The zero-order chi connectivity index (χ0) is 13.5. The lowest BCUT2D eigenvalue weighted by atomic mass is 9.83. The molecule has 1 aliphatic rings. The second-order valence-corrected chi connectivity index (χ2v) is 5.12. The molecular formula is C13H25N3O2. The summed E-state index contributed by atoms with van der Waals surface area (Å²) in [4.78, 5) is 24.9. The van der Waals surface area contributed by atoms with Crippen LogP contribution in [0, 0.1) is 5.92 Å². The van der Waals surface area contributed by atoms with Crippen LogP contribution < -0.4 is 11.1 Å². The third kappa shape index (κ3) is 4.64. The molecule has 1 fully saturated rings. The number of nitrogens with zero attached hydrogens (tertiary/aromatic N) is 1. The summed E-state index contributed by atoms with van der Waals surface area (Å²) in [5.74, 6) is 0.188. The molecule has 3 N–H and O–H groups in total. The summed E-state index contributed by atoms with van der Waals surface area (Å²) in [6.07, 6.45) is 4.84. The molecule has 1 rings (SSSR count). The third-order valence-electron chi connectivity index (χ3n) is 3.59. The standard InChI is InChI=1S/C13H25N3O2/c1-3-15-12(17)9-16(2)13(18)8-10-6-4-5-7-11(10)14/h10-11H,3-9,14H2,1-2H3,(H,15,17). The number of carbonyl (C=O) groups is 2. The number of carbonyl (C=O) groups excluding carboxylic acids is 2. The lowest BCUT2D eigenvalue weighted by Crippen LogP contribution is -2.41. The Labute approximate surface area is 109 Å². The van der Waals surface area contributed by atoms with Gasteiger partial charge in [0.2, 0.25) is 11.8 Å². The van der Waals surface area contributed by atoms with E-state index in [4.69, 9.17) is 5.73 Å². The van der Waals surface area contributed by atoms with Crippen LogP contribution >= 0.6 is 0 Å². The van der Waals surface area contributed by atoms with Crippen molar-refractivity contribution in [2.45, 2.75) is 45.1 Å². The summed E-state index contributed by atoms with van der Waals surface area (Å²) in [5.41, 5.74) is 6.03. The first-order valence-corrected chi connectivity index (χ1v) is 6.80. The molecule has 0 radical (unpaired) electrons. The lowest BCUT2D eigenvalue weighted by molar-refractivity contribution is -0.135. The molecular weight excluding hydrogens is 230 g/mol. The number of hydrogen-bond acceptors (Lipinski definition) is 3. The van der Waals surface area contributed by atoms with Crippen molar-refractivity contribution in [3.8, 4) is 0 Å². The number of likely N-dealkylation sites (N-methyl/N-ethyl adjacent to an activating group) is 2. The van der Waals surface area contributed by atoms with E-state index in [1.54, 1.807) is 7.05 Å². The maximum atomic E-state index is 12.0. The van der Waals surface area contributed by atoms with Crippen molar-refractivity contribution in [2.75, 3.05) is 20.1 Å². The van der Waals surface area contributed by atoms with E-state index in [0.717, 1.165) is 19.3 Å². The maximum Gasteiger partial charge on any atom is 0.239 e. The molecule has 0 aliphatic heterocycles. The molecule has 5 heteroatoms. The number of nitrogens with two attached hydrogens (primary N) is 1. The highest BCUT2D eigenvalue weighted by atomic mass is 16.2. The van der Waals surface area contributed by atoms with Crippen LogP contribution in [0.4, 0.5) is 0 Å². The van der Waals surface area contributed by atoms with Crippen molar-refractivity contribution < 1.29 is 9.59 Å². The van der Waals surface area contributed by atoms with Crippen LogP contribution in [0.3, 0.4) is 0 Å². The van der Waals surface area contributed by atoms with E-state index in [0.29, 0.717) is 13.0 Å². The fourth-order valence-electron chi connectivity index (χ4n) is 2.43. The second kappa shape index (κ2) is 7.36. The van der Waals surface area contributed by atoms with E-state index in [2.05, 4.69) is 5.32 Å². The number of amides is 2. The van der Waals surface area contributed by atoms with Crippen LogP contribution in [0.15, 0.2) is 0 Å². The van der Waals surface area contributed by atoms with Crippen LogP contribution in [-0.2, 0) is 9.59 Å². The van der Waals surface area contributed by atoms with E-state index in [1.165, 1.54) is 11.3 Å². The minimum atomic E-state index is -0.110. The van der Waals surface area contributed by atoms with E-state index in [9.17, 15) is 9.59 Å². The second-order valence-electron chi connectivity index (χ2n) is 5.12. The van der Waals surface area contributed by atoms with Crippen molar-refractivity contribution >= 4 is 11.8 Å². The first kappa shape index (κ1) is 15.0. The van der Waals surface area contributed by atoms with Crippen molar-refractivity contribution in [3.63, 3.8) is 0 Å². The fourth-order valence-corrected chi connectivity index (χ4v) is 2.43. The largest absolute Gasteiger partial charge is 0.355 e. The molecule has 18 heavy (non-hydrogen) atoms. The van der Waals surface area contributed by atoms with Crippen LogP contribution in [0.25, 0.3) is 0 Å². The van der Waals surface area contributed by atoms with Gasteiger partial charge in [-0.15, -0.1) is 0 Å². The van der Waals surface area contributed by atoms with Gasteiger partial charge in [0.05, 0.1) is 6.54 Å². The average molecular weight is 255 g/mol. The summed E-state index contributed by atoms with van der Waals surface area (Å²) in [7, 11) is 1.67. The number of nitrogens with one attached hydrogen (secondary N) is 1. The Kier molecular flexibility index (Phi) is 6.12. The van der Waals surface area contributed by atoms with Crippen molar-refractivity contribution in [3.05, 3.63) is 0 Å². The van der Waals surface area contributed by atoms with E-state index >= 15 is 0 Å². The van der Waals surface area contributed by atoms with Gasteiger partial charge in [0.25, 0.3) is 0 Å². The van der Waals surface area contributed by atoms with Crippen LogP contribution in [0.2, 0.25) is 0 Å². The number of rotatable bonds is 5.